The first-order chi connectivity index (χ1) is 13.4. The molecule has 0 bridgehead atoms. The molecule has 1 aliphatic rings. The van der Waals surface area contributed by atoms with Gasteiger partial charge < -0.3 is 4.52 Å². The van der Waals surface area contributed by atoms with E-state index in [1.807, 2.05) is 33.8 Å². The summed E-state index contributed by atoms with van der Waals surface area (Å²) in [4.78, 5) is 18.9. The number of likely N-dealkylation sites (tertiary alicyclic amines) is 1. The lowest BCUT2D eigenvalue weighted by atomic mass is 10.0. The molecule has 4 rings (SSSR count). The molecule has 0 atom stereocenters. The molecule has 148 valence electrons. The third-order valence-electron chi connectivity index (χ3n) is 4.90. The highest BCUT2D eigenvalue weighted by Gasteiger charge is 2.29. The van der Waals surface area contributed by atoms with Gasteiger partial charge in [-0.25, -0.2) is 9.36 Å². The second-order valence-corrected chi connectivity index (χ2v) is 7.81. The Balaban J connectivity index is 1.38. The lowest BCUT2D eigenvalue weighted by Gasteiger charge is -2.38. The van der Waals surface area contributed by atoms with Crippen LogP contribution in [0.3, 0.4) is 0 Å². The summed E-state index contributed by atoms with van der Waals surface area (Å²) in [6.07, 6.45) is 0. The normalized spacial score (nSPS) is 15.3. The monoisotopic (exact) mass is 383 g/mol. The van der Waals surface area contributed by atoms with E-state index in [2.05, 4.69) is 25.2 Å². The molecule has 3 aromatic rings. The highest BCUT2D eigenvalue weighted by molar-refractivity contribution is 5.23. The smallest absolute Gasteiger partial charge is 0.266 e. The van der Waals surface area contributed by atoms with Gasteiger partial charge in [0.25, 0.3) is 5.56 Å². The van der Waals surface area contributed by atoms with Crippen molar-refractivity contribution >= 4 is 0 Å². The van der Waals surface area contributed by atoms with Crippen molar-refractivity contribution in [2.24, 2.45) is 5.92 Å². The summed E-state index contributed by atoms with van der Waals surface area (Å²) in [5.41, 5.74) is 1.82. The van der Waals surface area contributed by atoms with Gasteiger partial charge in [0.1, 0.15) is 0 Å². The van der Waals surface area contributed by atoms with Gasteiger partial charge in [0.05, 0.1) is 18.8 Å². The molecular formula is C19H25N7O2. The first-order valence-corrected chi connectivity index (χ1v) is 9.55. The Kier molecular flexibility index (Phi) is 4.84. The number of nitrogens with zero attached hydrogens (tertiary/aromatic N) is 7. The summed E-state index contributed by atoms with van der Waals surface area (Å²) in [5.74, 6) is 2.67. The molecule has 0 amide bonds. The average molecular weight is 383 g/mol. The van der Waals surface area contributed by atoms with Gasteiger partial charge in [0.15, 0.2) is 11.6 Å². The fourth-order valence-electron chi connectivity index (χ4n) is 3.47. The molecule has 1 aliphatic heterocycles. The Bertz CT molecular complexity index is 1030. The number of hydrogen-bond donors (Lipinski definition) is 0. The number of aryl methyl sites for hydroxylation is 2. The highest BCUT2D eigenvalue weighted by atomic mass is 16.5. The molecule has 0 aliphatic carbocycles. The summed E-state index contributed by atoms with van der Waals surface area (Å²) in [6.45, 7) is 11.0. The van der Waals surface area contributed by atoms with E-state index in [0.717, 1.165) is 30.3 Å². The molecule has 4 heterocycles. The summed E-state index contributed by atoms with van der Waals surface area (Å²) >= 11 is 0. The Labute approximate surface area is 163 Å². The number of aromatic nitrogens is 6. The lowest BCUT2D eigenvalue weighted by molar-refractivity contribution is 0.0658. The van der Waals surface area contributed by atoms with Crippen molar-refractivity contribution in [3.8, 4) is 5.82 Å². The third kappa shape index (κ3) is 3.75. The SMILES string of the molecule is Cc1cc(C)n(-c2ccc(=O)n(CC3CN(Cc4nc(C(C)C)no4)C3)n2)n1. The summed E-state index contributed by atoms with van der Waals surface area (Å²) in [7, 11) is 0. The summed E-state index contributed by atoms with van der Waals surface area (Å²) in [5, 5.41) is 13.0. The molecule has 0 N–H and O–H groups in total. The summed E-state index contributed by atoms with van der Waals surface area (Å²) in [6, 6.07) is 5.26. The van der Waals surface area contributed by atoms with Crippen LogP contribution < -0.4 is 5.56 Å². The van der Waals surface area contributed by atoms with Crippen molar-refractivity contribution in [2.45, 2.75) is 46.7 Å². The van der Waals surface area contributed by atoms with E-state index >= 15 is 0 Å². The molecule has 9 heteroatoms. The molecule has 0 spiro atoms. The van der Waals surface area contributed by atoms with Crippen LogP contribution in [0.15, 0.2) is 27.5 Å². The van der Waals surface area contributed by atoms with E-state index in [0.29, 0.717) is 30.7 Å². The largest absolute Gasteiger partial charge is 0.338 e. The maximum absolute atomic E-state index is 12.2. The molecule has 9 nitrogen and oxygen atoms in total. The molecular weight excluding hydrogens is 358 g/mol. The quantitative estimate of drug-likeness (QED) is 0.639. The minimum absolute atomic E-state index is 0.0952. The van der Waals surface area contributed by atoms with E-state index in [1.54, 1.807) is 16.8 Å². The van der Waals surface area contributed by atoms with Crippen molar-refractivity contribution in [3.05, 3.63) is 51.7 Å². The Morgan fingerprint density at radius 1 is 1.21 bits per heavy atom. The van der Waals surface area contributed by atoms with Gasteiger partial charge in [-0.2, -0.15) is 10.1 Å². The van der Waals surface area contributed by atoms with Gasteiger partial charge in [-0.1, -0.05) is 19.0 Å². The Hall–Kier alpha value is -2.81. The van der Waals surface area contributed by atoms with Crippen molar-refractivity contribution in [1.29, 1.82) is 0 Å². The molecule has 0 aromatic carbocycles. The van der Waals surface area contributed by atoms with Crippen molar-refractivity contribution in [3.63, 3.8) is 0 Å². The van der Waals surface area contributed by atoms with Crippen LogP contribution in [0.2, 0.25) is 0 Å². The van der Waals surface area contributed by atoms with Gasteiger partial charge in [0, 0.05) is 36.7 Å². The Morgan fingerprint density at radius 2 is 2.00 bits per heavy atom. The van der Waals surface area contributed by atoms with Crippen molar-refractivity contribution in [1.82, 2.24) is 34.6 Å². The zero-order valence-corrected chi connectivity index (χ0v) is 16.7. The molecule has 1 saturated heterocycles. The van der Waals surface area contributed by atoms with E-state index in [4.69, 9.17) is 4.52 Å². The van der Waals surface area contributed by atoms with Crippen LogP contribution in [-0.2, 0) is 13.1 Å². The van der Waals surface area contributed by atoms with Crippen LogP contribution in [-0.4, -0.2) is 47.7 Å². The minimum Gasteiger partial charge on any atom is -0.338 e. The van der Waals surface area contributed by atoms with Crippen molar-refractivity contribution in [2.75, 3.05) is 13.1 Å². The van der Waals surface area contributed by atoms with Crippen LogP contribution in [0.5, 0.6) is 0 Å². The van der Waals surface area contributed by atoms with Crippen LogP contribution in [0.1, 0.15) is 42.9 Å². The van der Waals surface area contributed by atoms with Crippen LogP contribution in [0.4, 0.5) is 0 Å². The second-order valence-electron chi connectivity index (χ2n) is 7.81. The Morgan fingerprint density at radius 3 is 2.64 bits per heavy atom. The standard InChI is InChI=1S/C19H25N7O2/c1-12(2)19-20-17(28-23-19)11-24-8-15(9-24)10-25-18(27)6-5-16(22-25)26-14(4)7-13(3)21-26/h5-7,12,15H,8-11H2,1-4H3. The molecule has 3 aromatic heterocycles. The first-order valence-electron chi connectivity index (χ1n) is 9.55. The summed E-state index contributed by atoms with van der Waals surface area (Å²) < 4.78 is 8.61. The van der Waals surface area contributed by atoms with Crippen LogP contribution >= 0.6 is 0 Å². The van der Waals surface area contributed by atoms with Gasteiger partial charge in [-0.15, -0.1) is 5.10 Å². The van der Waals surface area contributed by atoms with Crippen LogP contribution in [0.25, 0.3) is 5.82 Å². The van der Waals surface area contributed by atoms with E-state index in [1.165, 1.54) is 4.68 Å². The zero-order chi connectivity index (χ0) is 19.8. The third-order valence-corrected chi connectivity index (χ3v) is 4.90. The fourth-order valence-corrected chi connectivity index (χ4v) is 3.47. The van der Waals surface area contributed by atoms with Crippen molar-refractivity contribution < 1.29 is 4.52 Å². The van der Waals surface area contributed by atoms with Gasteiger partial charge in [0.2, 0.25) is 5.89 Å². The fraction of sp³-hybridized carbons (Fsp3) is 0.526. The number of rotatable bonds is 6. The van der Waals surface area contributed by atoms with Gasteiger partial charge in [-0.3, -0.25) is 9.69 Å². The zero-order valence-electron chi connectivity index (χ0n) is 16.7. The predicted octanol–water partition coefficient (Wildman–Crippen LogP) is 1.68. The molecule has 0 saturated carbocycles. The molecule has 28 heavy (non-hydrogen) atoms. The second kappa shape index (κ2) is 7.31. The maximum Gasteiger partial charge on any atom is 0.266 e. The van der Waals surface area contributed by atoms with E-state index < -0.39 is 0 Å². The van der Waals surface area contributed by atoms with E-state index in [-0.39, 0.29) is 11.5 Å². The van der Waals surface area contributed by atoms with Gasteiger partial charge >= 0.3 is 0 Å². The first kappa shape index (κ1) is 18.5. The maximum atomic E-state index is 12.2. The highest BCUT2D eigenvalue weighted by Crippen LogP contribution is 2.20. The predicted molar refractivity (Wildman–Crippen MR) is 102 cm³/mol. The molecule has 0 unspecified atom stereocenters. The van der Waals surface area contributed by atoms with Crippen LogP contribution in [0, 0.1) is 19.8 Å². The molecule has 0 radical (unpaired) electrons. The topological polar surface area (TPSA) is 94.9 Å². The number of hydrogen-bond acceptors (Lipinski definition) is 7. The minimum atomic E-state index is -0.0952. The lowest BCUT2D eigenvalue weighted by Crippen LogP contribution is -2.49. The van der Waals surface area contributed by atoms with E-state index in [9.17, 15) is 4.79 Å². The van der Waals surface area contributed by atoms with Gasteiger partial charge in [-0.05, 0) is 26.0 Å². The molecule has 1 fully saturated rings. The average Bonchev–Trinajstić information content (AvgIpc) is 3.21.